The molecule has 146 valence electrons. The third-order valence-corrected chi connectivity index (χ3v) is 6.34. The number of rotatable bonds is 7. The number of anilines is 1. The molecule has 1 aliphatic heterocycles. The predicted molar refractivity (Wildman–Crippen MR) is 121 cm³/mol. The highest BCUT2D eigenvalue weighted by Gasteiger charge is 2.45. The zero-order chi connectivity index (χ0) is 19.6. The molecular formula is C20H23Cl2IN2O2. The molecular weight excluding hydrogens is 498 g/mol. The summed E-state index contributed by atoms with van der Waals surface area (Å²) in [5.41, 5.74) is 0.985. The monoisotopic (exact) mass is 520 g/mol. The average Bonchev–Trinajstić information content (AvgIpc) is 2.96. The van der Waals surface area contributed by atoms with Crippen molar-refractivity contribution in [1.29, 1.82) is 0 Å². The number of β-amino-alcohol motifs (C(OH)–C–C–N with tert-alkyl or cyclic N) is 1. The van der Waals surface area contributed by atoms with Crippen molar-refractivity contribution in [2.24, 2.45) is 0 Å². The fourth-order valence-corrected chi connectivity index (χ4v) is 4.64. The van der Waals surface area contributed by atoms with Crippen LogP contribution in [0, 0.1) is 0 Å². The number of aliphatic hydroxyl groups is 1. The normalized spacial score (nSPS) is 18.9. The molecule has 0 saturated heterocycles. The van der Waals surface area contributed by atoms with Crippen molar-refractivity contribution in [3.05, 3.63) is 57.6 Å². The van der Waals surface area contributed by atoms with Crippen LogP contribution in [0.3, 0.4) is 0 Å². The fraction of sp³-hybridized carbons (Fsp3) is 0.400. The maximum absolute atomic E-state index is 11.7. The first-order valence-electron chi connectivity index (χ1n) is 9.01. The first-order chi connectivity index (χ1) is 12.9. The highest BCUT2D eigenvalue weighted by molar-refractivity contribution is 14.1. The van der Waals surface area contributed by atoms with Crippen LogP contribution < -0.4 is 7.97 Å². The van der Waals surface area contributed by atoms with E-state index in [0.29, 0.717) is 33.5 Å². The topological polar surface area (TPSA) is 35.9 Å². The maximum atomic E-state index is 11.7. The summed E-state index contributed by atoms with van der Waals surface area (Å²) in [6.45, 7) is 8.37. The van der Waals surface area contributed by atoms with Gasteiger partial charge >= 0.3 is 0 Å². The molecule has 1 heterocycles. The summed E-state index contributed by atoms with van der Waals surface area (Å²) in [6.07, 6.45) is 0. The number of nitrogens with zero attached hydrogens (tertiary/aromatic N) is 2. The molecule has 0 fully saturated rings. The Morgan fingerprint density at radius 3 is 2.52 bits per heavy atom. The maximum Gasteiger partial charge on any atom is 0.192 e. The molecule has 1 N–H and O–H groups in total. The van der Waals surface area contributed by atoms with Gasteiger partial charge in [-0.05, 0) is 19.2 Å². The smallest absolute Gasteiger partial charge is 0.192 e. The van der Waals surface area contributed by atoms with Crippen molar-refractivity contribution < 1.29 is 8.17 Å². The predicted octanol–water partition coefficient (Wildman–Crippen LogP) is 5.12. The van der Waals surface area contributed by atoms with Gasteiger partial charge < -0.3 is 18.0 Å². The molecule has 7 heteroatoms. The largest absolute Gasteiger partial charge is 0.428 e. The molecule has 27 heavy (non-hydrogen) atoms. The van der Waals surface area contributed by atoms with Crippen molar-refractivity contribution >= 4 is 51.9 Å². The number of hydrogen-bond donors (Lipinski definition) is 1. The van der Waals surface area contributed by atoms with Crippen molar-refractivity contribution in [2.75, 3.05) is 37.6 Å². The summed E-state index contributed by atoms with van der Waals surface area (Å²) in [5, 5.41) is 12.7. The Hall–Kier alpha value is -0.730. The van der Waals surface area contributed by atoms with Gasteiger partial charge in [-0.1, -0.05) is 55.2 Å². The fourth-order valence-electron chi connectivity index (χ4n) is 3.73. The van der Waals surface area contributed by atoms with Crippen LogP contribution in [0.15, 0.2) is 36.4 Å². The molecule has 0 bridgehead atoms. The van der Waals surface area contributed by atoms with Gasteiger partial charge in [-0.2, -0.15) is 0 Å². The summed E-state index contributed by atoms with van der Waals surface area (Å²) in [6, 6.07) is 11.1. The van der Waals surface area contributed by atoms with Crippen molar-refractivity contribution in [3.63, 3.8) is 0 Å². The van der Waals surface area contributed by atoms with Gasteiger partial charge in [0.1, 0.15) is 11.4 Å². The van der Waals surface area contributed by atoms with Crippen LogP contribution in [-0.2, 0) is 5.60 Å². The minimum absolute atomic E-state index is 0.401. The number of benzene rings is 2. The summed E-state index contributed by atoms with van der Waals surface area (Å²) in [5.74, 6) is 0.663. The molecule has 0 saturated carbocycles. The van der Waals surface area contributed by atoms with E-state index in [1.807, 2.05) is 47.3 Å². The van der Waals surface area contributed by atoms with Crippen LogP contribution in [0.25, 0.3) is 0 Å². The highest BCUT2D eigenvalue weighted by atomic mass is 127. The summed E-state index contributed by atoms with van der Waals surface area (Å²) in [7, 11) is 0. The molecule has 0 amide bonds. The second-order valence-corrected chi connectivity index (χ2v) is 7.92. The second-order valence-electron chi connectivity index (χ2n) is 6.66. The molecule has 1 unspecified atom stereocenters. The average molecular weight is 521 g/mol. The Balaban J connectivity index is 2.06. The molecule has 0 aromatic heterocycles. The Labute approximate surface area is 184 Å². The molecule has 3 rings (SSSR count). The van der Waals surface area contributed by atoms with Gasteiger partial charge in [-0.25, -0.2) is 0 Å². The minimum Gasteiger partial charge on any atom is -0.428 e. The van der Waals surface area contributed by atoms with Crippen LogP contribution in [0.5, 0.6) is 5.75 Å². The number of likely N-dealkylation sites (N-methyl/N-ethyl adjacent to an activating group) is 1. The Kier molecular flexibility index (Phi) is 6.79. The number of fused-ring (bicyclic) bond motifs is 1. The van der Waals surface area contributed by atoms with Gasteiger partial charge in [-0.3, -0.25) is 0 Å². The molecule has 0 spiro atoms. The van der Waals surface area contributed by atoms with Gasteiger partial charge in [0, 0.05) is 47.1 Å². The second kappa shape index (κ2) is 8.74. The van der Waals surface area contributed by atoms with Crippen LogP contribution in [0.1, 0.15) is 25.0 Å². The van der Waals surface area contributed by atoms with E-state index in [-0.39, 0.29) is 0 Å². The van der Waals surface area contributed by atoms with Crippen LogP contribution in [0.2, 0.25) is 10.0 Å². The molecule has 0 radical (unpaired) electrons. The van der Waals surface area contributed by atoms with Gasteiger partial charge in [0.15, 0.2) is 23.0 Å². The van der Waals surface area contributed by atoms with E-state index < -0.39 is 5.60 Å². The molecule has 4 nitrogen and oxygen atoms in total. The number of hydrogen-bond acceptors (Lipinski definition) is 4. The first-order valence-corrected chi connectivity index (χ1v) is 10.7. The van der Waals surface area contributed by atoms with E-state index in [0.717, 1.165) is 31.9 Å². The molecule has 2 aromatic rings. The Morgan fingerprint density at radius 1 is 1.19 bits per heavy atom. The minimum atomic E-state index is -1.27. The van der Waals surface area contributed by atoms with Crippen LogP contribution in [-0.4, -0.2) is 42.7 Å². The Bertz CT molecular complexity index is 817. The summed E-state index contributed by atoms with van der Waals surface area (Å²) >= 11 is 14.9. The van der Waals surface area contributed by atoms with E-state index >= 15 is 0 Å². The van der Waals surface area contributed by atoms with Gasteiger partial charge in [0.25, 0.3) is 0 Å². The standard InChI is InChI=1S/C20H23Cl2IN2O2/c1-3-24(4-2)9-10-25-13-20(26,15-7-5-6-8-16(15)21)19-17(22)11-14(27-23)12-18(19)25/h5-8,11-12,26H,3-4,9-10,13H2,1-2H3. The van der Waals surface area contributed by atoms with Gasteiger partial charge in [0.05, 0.1) is 11.6 Å². The van der Waals surface area contributed by atoms with Gasteiger partial charge in [-0.15, -0.1) is 0 Å². The zero-order valence-corrected chi connectivity index (χ0v) is 19.1. The Morgan fingerprint density at radius 2 is 1.89 bits per heavy atom. The van der Waals surface area contributed by atoms with E-state index in [1.54, 1.807) is 12.1 Å². The van der Waals surface area contributed by atoms with E-state index in [4.69, 9.17) is 26.3 Å². The van der Waals surface area contributed by atoms with Crippen LogP contribution >= 0.6 is 46.2 Å². The molecule has 1 atom stereocenters. The summed E-state index contributed by atoms with van der Waals surface area (Å²) in [4.78, 5) is 4.52. The zero-order valence-electron chi connectivity index (χ0n) is 15.4. The molecule has 2 aromatic carbocycles. The first kappa shape index (κ1) is 21.0. The van der Waals surface area contributed by atoms with E-state index in [1.165, 1.54) is 0 Å². The lowest BCUT2D eigenvalue weighted by Crippen LogP contribution is -2.39. The molecule has 1 aliphatic rings. The molecule has 0 aliphatic carbocycles. The van der Waals surface area contributed by atoms with E-state index in [2.05, 4.69) is 23.6 Å². The van der Waals surface area contributed by atoms with Crippen molar-refractivity contribution in [3.8, 4) is 5.75 Å². The highest BCUT2D eigenvalue weighted by Crippen LogP contribution is 2.50. The van der Waals surface area contributed by atoms with Crippen molar-refractivity contribution in [1.82, 2.24) is 4.90 Å². The third kappa shape index (κ3) is 4.03. The SMILES string of the molecule is CCN(CC)CCN1CC(O)(c2ccccc2Cl)c2c(Cl)cc(OI)cc21. The quantitative estimate of drug-likeness (QED) is 0.514. The number of halogens is 3. The van der Waals surface area contributed by atoms with E-state index in [9.17, 15) is 5.11 Å². The summed E-state index contributed by atoms with van der Waals surface area (Å²) < 4.78 is 5.37. The van der Waals surface area contributed by atoms with Crippen molar-refractivity contribution in [2.45, 2.75) is 19.4 Å². The lowest BCUT2D eigenvalue weighted by Gasteiger charge is -2.28. The lowest BCUT2D eigenvalue weighted by atomic mass is 9.88. The lowest BCUT2D eigenvalue weighted by molar-refractivity contribution is 0.0978. The van der Waals surface area contributed by atoms with Gasteiger partial charge in [0.2, 0.25) is 0 Å². The van der Waals surface area contributed by atoms with Crippen LogP contribution in [0.4, 0.5) is 5.69 Å². The third-order valence-electron chi connectivity index (χ3n) is 5.21.